The highest BCUT2D eigenvalue weighted by molar-refractivity contribution is 7.89. The number of ether oxygens (including phenoxy) is 1. The minimum Gasteiger partial charge on any atom is -0.434 e. The molecule has 1 aliphatic heterocycles. The number of nitrogens with zero attached hydrogens (tertiary/aromatic N) is 5. The van der Waals surface area contributed by atoms with Crippen molar-refractivity contribution in [3.8, 4) is 28.8 Å². The molecular weight excluding hydrogens is 523 g/mol. The molecule has 0 saturated carbocycles. The topological polar surface area (TPSA) is 103 Å². The zero-order valence-electron chi connectivity index (χ0n) is 20.3. The zero-order valence-corrected chi connectivity index (χ0v) is 21.2. The molecular formula is C25H24F3N5O4S. The van der Waals surface area contributed by atoms with Gasteiger partial charge in [0, 0.05) is 18.7 Å². The smallest absolute Gasteiger partial charge is 0.434 e. The van der Waals surface area contributed by atoms with Gasteiger partial charge in [-0.2, -0.15) is 4.31 Å². The van der Waals surface area contributed by atoms with Gasteiger partial charge in [0.2, 0.25) is 15.8 Å². The molecule has 3 heterocycles. The van der Waals surface area contributed by atoms with E-state index in [2.05, 4.69) is 19.8 Å². The third-order valence-electron chi connectivity index (χ3n) is 6.11. The predicted octanol–water partition coefficient (Wildman–Crippen LogP) is 5.03. The Bertz CT molecular complexity index is 1530. The molecule has 38 heavy (non-hydrogen) atoms. The molecule has 1 saturated heterocycles. The number of hydrogen-bond donors (Lipinski definition) is 0. The van der Waals surface area contributed by atoms with Crippen molar-refractivity contribution in [3.63, 3.8) is 0 Å². The van der Waals surface area contributed by atoms with E-state index in [1.54, 1.807) is 29.8 Å². The van der Waals surface area contributed by atoms with E-state index in [0.717, 1.165) is 24.8 Å². The predicted molar refractivity (Wildman–Crippen MR) is 131 cm³/mol. The molecule has 0 atom stereocenters. The van der Waals surface area contributed by atoms with Gasteiger partial charge in [0.15, 0.2) is 5.76 Å². The fourth-order valence-electron chi connectivity index (χ4n) is 4.22. The van der Waals surface area contributed by atoms with Gasteiger partial charge in [-0.1, -0.05) is 18.6 Å². The maximum absolute atomic E-state index is 13.1. The normalized spacial score (nSPS) is 15.1. The first-order valence-electron chi connectivity index (χ1n) is 11.9. The number of sulfonamides is 1. The average Bonchev–Trinajstić information content (AvgIpc) is 3.52. The van der Waals surface area contributed by atoms with Gasteiger partial charge in [0.25, 0.3) is 5.89 Å². The van der Waals surface area contributed by atoms with Crippen LogP contribution in [-0.4, -0.2) is 51.9 Å². The molecule has 4 aromatic rings. The summed E-state index contributed by atoms with van der Waals surface area (Å²) >= 11 is 0. The van der Waals surface area contributed by atoms with Gasteiger partial charge in [-0.3, -0.25) is 0 Å². The molecule has 9 nitrogen and oxygen atoms in total. The van der Waals surface area contributed by atoms with Crippen molar-refractivity contribution in [1.29, 1.82) is 0 Å². The van der Waals surface area contributed by atoms with Gasteiger partial charge in [-0.05, 0) is 61.7 Å². The Balaban J connectivity index is 1.32. The van der Waals surface area contributed by atoms with Crippen LogP contribution in [0.4, 0.5) is 13.2 Å². The second kappa shape index (κ2) is 10.2. The van der Waals surface area contributed by atoms with Gasteiger partial charge in [0.05, 0.1) is 17.6 Å². The SMILES string of the molecule is Cc1nc(-c2ncc(-c3ccc(OC(F)(F)F)cc3)o2)nn1Cc1cccc(S(=O)(=O)N2CCCCC2)c1. The molecule has 5 rings (SSSR count). The van der Waals surface area contributed by atoms with Crippen LogP contribution in [0.5, 0.6) is 5.75 Å². The Morgan fingerprint density at radius 1 is 1.05 bits per heavy atom. The van der Waals surface area contributed by atoms with Crippen LogP contribution >= 0.6 is 0 Å². The van der Waals surface area contributed by atoms with Crippen LogP contribution < -0.4 is 4.74 Å². The van der Waals surface area contributed by atoms with Crippen LogP contribution in [0.2, 0.25) is 0 Å². The number of aromatic nitrogens is 4. The Morgan fingerprint density at radius 3 is 2.50 bits per heavy atom. The lowest BCUT2D eigenvalue weighted by Crippen LogP contribution is -2.35. The molecule has 2 aromatic carbocycles. The summed E-state index contributed by atoms with van der Waals surface area (Å²) in [5.41, 5.74) is 1.25. The number of rotatable bonds is 7. The van der Waals surface area contributed by atoms with Crippen LogP contribution in [0.3, 0.4) is 0 Å². The number of halogens is 3. The number of oxazole rings is 1. The minimum atomic E-state index is -4.77. The summed E-state index contributed by atoms with van der Waals surface area (Å²) in [6.07, 6.45) is -0.582. The maximum atomic E-state index is 13.1. The van der Waals surface area contributed by atoms with Crippen molar-refractivity contribution in [2.24, 2.45) is 0 Å². The van der Waals surface area contributed by atoms with Crippen LogP contribution in [0.15, 0.2) is 64.0 Å². The summed E-state index contributed by atoms with van der Waals surface area (Å²) in [4.78, 5) is 8.86. The molecule has 0 bridgehead atoms. The summed E-state index contributed by atoms with van der Waals surface area (Å²) in [6.45, 7) is 3.11. The maximum Gasteiger partial charge on any atom is 0.573 e. The summed E-state index contributed by atoms with van der Waals surface area (Å²) < 4.78 is 76.1. The molecule has 13 heteroatoms. The highest BCUT2D eigenvalue weighted by Crippen LogP contribution is 2.29. The lowest BCUT2D eigenvalue weighted by Gasteiger charge is -2.26. The molecule has 1 aliphatic rings. The van der Waals surface area contributed by atoms with Crippen molar-refractivity contribution in [3.05, 3.63) is 66.1 Å². The molecule has 0 amide bonds. The monoisotopic (exact) mass is 547 g/mol. The zero-order chi connectivity index (χ0) is 26.9. The largest absolute Gasteiger partial charge is 0.573 e. The minimum absolute atomic E-state index is 0.138. The van der Waals surface area contributed by atoms with Crippen molar-refractivity contribution in [1.82, 2.24) is 24.1 Å². The van der Waals surface area contributed by atoms with Crippen molar-refractivity contribution in [2.45, 2.75) is 44.0 Å². The number of benzene rings is 2. The summed E-state index contributed by atoms with van der Waals surface area (Å²) in [5, 5.41) is 4.46. The summed E-state index contributed by atoms with van der Waals surface area (Å²) in [7, 11) is -3.56. The fraction of sp³-hybridized carbons (Fsp3) is 0.320. The van der Waals surface area contributed by atoms with Crippen LogP contribution in [0.1, 0.15) is 30.7 Å². The van der Waals surface area contributed by atoms with Crippen molar-refractivity contribution < 1.29 is 30.7 Å². The van der Waals surface area contributed by atoms with Gasteiger partial charge in [-0.25, -0.2) is 23.1 Å². The van der Waals surface area contributed by atoms with Gasteiger partial charge in [0.1, 0.15) is 11.6 Å². The van der Waals surface area contributed by atoms with E-state index in [1.165, 1.54) is 34.8 Å². The molecule has 0 spiro atoms. The Kier molecular flexibility index (Phi) is 6.97. The highest BCUT2D eigenvalue weighted by atomic mass is 32.2. The standard InChI is InChI=1S/C25H24F3N5O4S/c1-17-30-23(24-29-15-22(36-24)19-8-10-20(11-9-19)37-25(26,27)28)31-33(17)16-18-6-5-7-21(14-18)38(34,35)32-12-3-2-4-13-32/h5-11,14-15H,2-4,12-13,16H2,1H3. The highest BCUT2D eigenvalue weighted by Gasteiger charge is 2.31. The van der Waals surface area contributed by atoms with Crippen LogP contribution in [0, 0.1) is 6.92 Å². The second-order valence-corrected chi connectivity index (χ2v) is 10.8. The first kappa shape index (κ1) is 25.9. The van der Waals surface area contributed by atoms with Gasteiger partial charge < -0.3 is 9.15 Å². The molecule has 0 N–H and O–H groups in total. The van der Waals surface area contributed by atoms with E-state index in [1.807, 2.05) is 6.07 Å². The van der Waals surface area contributed by atoms with E-state index in [-0.39, 0.29) is 28.9 Å². The molecule has 1 fully saturated rings. The van der Waals surface area contributed by atoms with Crippen LogP contribution in [-0.2, 0) is 16.6 Å². The van der Waals surface area contributed by atoms with E-state index < -0.39 is 16.4 Å². The lowest BCUT2D eigenvalue weighted by molar-refractivity contribution is -0.274. The van der Waals surface area contributed by atoms with Crippen LogP contribution in [0.25, 0.3) is 23.0 Å². The second-order valence-electron chi connectivity index (χ2n) is 8.85. The van der Waals surface area contributed by atoms with E-state index in [9.17, 15) is 21.6 Å². The molecule has 200 valence electrons. The third-order valence-corrected chi connectivity index (χ3v) is 8.00. The summed E-state index contributed by atoms with van der Waals surface area (Å²) in [6, 6.07) is 12.0. The van der Waals surface area contributed by atoms with E-state index in [0.29, 0.717) is 30.2 Å². The van der Waals surface area contributed by atoms with E-state index in [4.69, 9.17) is 4.42 Å². The lowest BCUT2D eigenvalue weighted by atomic mass is 10.2. The molecule has 2 aromatic heterocycles. The first-order chi connectivity index (χ1) is 18.1. The third kappa shape index (κ3) is 5.73. The Morgan fingerprint density at radius 2 is 1.79 bits per heavy atom. The molecule has 0 unspecified atom stereocenters. The fourth-order valence-corrected chi connectivity index (χ4v) is 5.81. The Labute approximate surface area is 216 Å². The van der Waals surface area contributed by atoms with Crippen molar-refractivity contribution >= 4 is 10.0 Å². The number of hydrogen-bond acceptors (Lipinski definition) is 7. The Hall–Kier alpha value is -3.71. The molecule has 0 radical (unpaired) electrons. The van der Waals surface area contributed by atoms with Gasteiger partial charge >= 0.3 is 6.36 Å². The van der Waals surface area contributed by atoms with E-state index >= 15 is 0 Å². The first-order valence-corrected chi connectivity index (χ1v) is 13.4. The molecule has 0 aliphatic carbocycles. The summed E-state index contributed by atoms with van der Waals surface area (Å²) in [5.74, 6) is 0.910. The number of piperidine rings is 1. The quantitative estimate of drug-likeness (QED) is 0.320. The van der Waals surface area contributed by atoms with Gasteiger partial charge in [-0.15, -0.1) is 18.3 Å². The van der Waals surface area contributed by atoms with Crippen molar-refractivity contribution in [2.75, 3.05) is 13.1 Å². The number of aryl methyl sites for hydroxylation is 1. The number of alkyl halides is 3. The average molecular weight is 548 g/mol.